The van der Waals surface area contributed by atoms with Crippen molar-refractivity contribution < 1.29 is 23.9 Å². The van der Waals surface area contributed by atoms with E-state index in [1.807, 2.05) is 30.3 Å². The lowest BCUT2D eigenvalue weighted by Gasteiger charge is -2.31. The first-order valence-corrected chi connectivity index (χ1v) is 9.99. The van der Waals surface area contributed by atoms with E-state index in [1.54, 1.807) is 13.8 Å². The van der Waals surface area contributed by atoms with Gasteiger partial charge in [0, 0.05) is 6.42 Å². The van der Waals surface area contributed by atoms with E-state index in [4.69, 9.17) is 4.74 Å². The molecule has 0 saturated heterocycles. The molecule has 0 spiro atoms. The number of hydrogen-bond donors (Lipinski definition) is 4. The van der Waals surface area contributed by atoms with Gasteiger partial charge in [-0.2, -0.15) is 12.6 Å². The maximum atomic E-state index is 13.0. The van der Waals surface area contributed by atoms with Crippen LogP contribution in [0.4, 0.5) is 0 Å². The highest BCUT2D eigenvalue weighted by molar-refractivity contribution is 7.80. The first kappa shape index (κ1) is 24.5. The molecule has 0 aliphatic rings. The Bertz CT molecular complexity index is 701. The predicted octanol–water partition coefficient (Wildman–Crippen LogP) is 0.606. The van der Waals surface area contributed by atoms with E-state index in [0.29, 0.717) is 18.6 Å². The summed E-state index contributed by atoms with van der Waals surface area (Å²) in [5, 5.41) is 7.79. The molecule has 0 aliphatic carbocycles. The van der Waals surface area contributed by atoms with Gasteiger partial charge in [0.05, 0.1) is 7.11 Å². The summed E-state index contributed by atoms with van der Waals surface area (Å²) in [4.78, 5) is 48.4. The van der Waals surface area contributed by atoms with Crippen LogP contribution in [-0.2, 0) is 30.3 Å². The average Bonchev–Trinajstić information content (AvgIpc) is 2.72. The molecular weight excluding hydrogens is 394 g/mol. The van der Waals surface area contributed by atoms with E-state index < -0.39 is 35.4 Å². The van der Waals surface area contributed by atoms with E-state index >= 15 is 0 Å². The number of nitrogens with one attached hydrogen (secondary N) is 3. The molecule has 8 nitrogen and oxygen atoms in total. The van der Waals surface area contributed by atoms with E-state index in [0.717, 1.165) is 5.56 Å². The van der Waals surface area contributed by atoms with Crippen LogP contribution in [-0.4, -0.2) is 54.7 Å². The summed E-state index contributed by atoms with van der Waals surface area (Å²) in [5.74, 6) is -1.21. The molecule has 0 unspecified atom stereocenters. The van der Waals surface area contributed by atoms with Gasteiger partial charge in [0.25, 0.3) is 0 Å². The molecule has 0 fully saturated rings. The molecule has 9 heteroatoms. The van der Waals surface area contributed by atoms with Gasteiger partial charge in [-0.3, -0.25) is 14.4 Å². The van der Waals surface area contributed by atoms with Gasteiger partial charge in [-0.25, -0.2) is 4.79 Å². The highest BCUT2D eigenvalue weighted by Crippen LogP contribution is 2.13. The highest BCUT2D eigenvalue weighted by atomic mass is 32.1. The molecule has 0 aromatic heterocycles. The molecule has 3 amide bonds. The third kappa shape index (κ3) is 7.41. The zero-order valence-electron chi connectivity index (χ0n) is 16.9. The van der Waals surface area contributed by atoms with Crippen molar-refractivity contribution in [1.82, 2.24) is 16.0 Å². The topological polar surface area (TPSA) is 114 Å². The van der Waals surface area contributed by atoms with Gasteiger partial charge in [0.1, 0.15) is 17.6 Å². The van der Waals surface area contributed by atoms with Crippen LogP contribution >= 0.6 is 12.6 Å². The van der Waals surface area contributed by atoms with Gasteiger partial charge in [0.15, 0.2) is 0 Å². The molecular formula is C20H29N3O5S. The van der Waals surface area contributed by atoms with Crippen molar-refractivity contribution in [2.24, 2.45) is 0 Å². The fraction of sp³-hybridized carbons (Fsp3) is 0.500. The Morgan fingerprint density at radius 1 is 1.21 bits per heavy atom. The van der Waals surface area contributed by atoms with Gasteiger partial charge in [-0.15, -0.1) is 0 Å². The van der Waals surface area contributed by atoms with Crippen LogP contribution in [0.5, 0.6) is 0 Å². The number of carbonyl (C=O) groups excluding carboxylic acids is 4. The molecule has 0 radical (unpaired) electrons. The number of ether oxygens (including phenoxy) is 1. The largest absolute Gasteiger partial charge is 0.467 e. The SMILES string of the molecule is CC[C@@](C)(NC(=O)[C@H](CCS)NC=O)C(=O)N[C@@H](Cc1ccccc1)C(=O)OC. The van der Waals surface area contributed by atoms with Crippen LogP contribution in [0.3, 0.4) is 0 Å². The fourth-order valence-corrected chi connectivity index (χ4v) is 2.93. The summed E-state index contributed by atoms with van der Waals surface area (Å²) in [6.45, 7) is 3.31. The molecule has 1 aromatic carbocycles. The Morgan fingerprint density at radius 3 is 2.38 bits per heavy atom. The molecule has 0 heterocycles. The van der Waals surface area contributed by atoms with Gasteiger partial charge in [0.2, 0.25) is 18.2 Å². The second-order valence-electron chi connectivity index (χ2n) is 6.76. The van der Waals surface area contributed by atoms with Crippen molar-refractivity contribution in [1.29, 1.82) is 0 Å². The number of carbonyl (C=O) groups is 4. The lowest BCUT2D eigenvalue weighted by atomic mass is 9.95. The maximum absolute atomic E-state index is 13.0. The molecule has 1 aromatic rings. The zero-order valence-corrected chi connectivity index (χ0v) is 17.8. The summed E-state index contributed by atoms with van der Waals surface area (Å²) < 4.78 is 4.82. The Kier molecular flexibility index (Phi) is 10.2. The molecule has 160 valence electrons. The highest BCUT2D eigenvalue weighted by Gasteiger charge is 2.37. The van der Waals surface area contributed by atoms with Crippen LogP contribution < -0.4 is 16.0 Å². The Hall–Kier alpha value is -2.55. The van der Waals surface area contributed by atoms with Crippen molar-refractivity contribution in [3.63, 3.8) is 0 Å². The Labute approximate surface area is 176 Å². The molecule has 1 rings (SSSR count). The van der Waals surface area contributed by atoms with Crippen molar-refractivity contribution in [2.45, 2.75) is 50.7 Å². The number of rotatable bonds is 12. The smallest absolute Gasteiger partial charge is 0.328 e. The first-order chi connectivity index (χ1) is 13.8. The molecule has 0 saturated carbocycles. The second-order valence-corrected chi connectivity index (χ2v) is 7.21. The normalized spacial score (nSPS) is 14.6. The summed E-state index contributed by atoms with van der Waals surface area (Å²) in [5.41, 5.74) is -0.422. The molecule has 3 atom stereocenters. The van der Waals surface area contributed by atoms with Gasteiger partial charge in [-0.05, 0) is 31.1 Å². The van der Waals surface area contributed by atoms with Gasteiger partial charge < -0.3 is 20.7 Å². The predicted molar refractivity (Wildman–Crippen MR) is 112 cm³/mol. The van der Waals surface area contributed by atoms with Crippen molar-refractivity contribution in [3.05, 3.63) is 35.9 Å². The average molecular weight is 424 g/mol. The summed E-state index contributed by atoms with van der Waals surface area (Å²) >= 11 is 4.08. The first-order valence-electron chi connectivity index (χ1n) is 9.36. The minimum absolute atomic E-state index is 0.252. The van der Waals surface area contributed by atoms with E-state index in [9.17, 15) is 19.2 Å². The number of methoxy groups -OCH3 is 1. The summed E-state index contributed by atoms with van der Waals surface area (Å²) in [7, 11) is 1.25. The minimum atomic E-state index is -1.28. The molecule has 29 heavy (non-hydrogen) atoms. The van der Waals surface area contributed by atoms with Crippen LogP contribution in [0.1, 0.15) is 32.3 Å². The standard InChI is InChI=1S/C20H29N3O5S/c1-4-20(2,23-17(25)15(10-11-29)21-13-24)19(27)22-16(18(26)28-3)12-14-8-6-5-7-9-14/h5-9,13,15-16,29H,4,10-12H2,1-3H3,(H,21,24)(H,22,27)(H,23,25)/t15-,16-,20+/m0/s1. The van der Waals surface area contributed by atoms with Crippen LogP contribution in [0.15, 0.2) is 30.3 Å². The van der Waals surface area contributed by atoms with Crippen LogP contribution in [0.25, 0.3) is 0 Å². The Balaban J connectivity index is 2.94. The van der Waals surface area contributed by atoms with Crippen LogP contribution in [0.2, 0.25) is 0 Å². The quantitative estimate of drug-likeness (QED) is 0.223. The third-order valence-electron chi connectivity index (χ3n) is 4.68. The number of amides is 3. The van der Waals surface area contributed by atoms with Crippen molar-refractivity contribution >= 4 is 36.8 Å². The number of hydrogen-bond acceptors (Lipinski definition) is 6. The lowest BCUT2D eigenvalue weighted by Crippen LogP contribution is -2.62. The molecule has 3 N–H and O–H groups in total. The summed E-state index contributed by atoms with van der Waals surface area (Å²) in [6, 6.07) is 7.51. The van der Waals surface area contributed by atoms with E-state index in [1.165, 1.54) is 7.11 Å². The number of esters is 1. The number of thiol groups is 1. The molecule has 0 aliphatic heterocycles. The monoisotopic (exact) mass is 423 g/mol. The summed E-state index contributed by atoms with van der Waals surface area (Å²) in [6.07, 6.45) is 1.28. The number of benzene rings is 1. The maximum Gasteiger partial charge on any atom is 0.328 e. The zero-order chi connectivity index (χ0) is 21.9. The second kappa shape index (κ2) is 12.1. The molecule has 0 bridgehead atoms. The van der Waals surface area contributed by atoms with E-state index in [-0.39, 0.29) is 12.8 Å². The van der Waals surface area contributed by atoms with E-state index in [2.05, 4.69) is 28.6 Å². The fourth-order valence-electron chi connectivity index (χ4n) is 2.67. The van der Waals surface area contributed by atoms with Crippen molar-refractivity contribution in [2.75, 3.05) is 12.9 Å². The van der Waals surface area contributed by atoms with Crippen LogP contribution in [0, 0.1) is 0 Å². The third-order valence-corrected chi connectivity index (χ3v) is 4.94. The van der Waals surface area contributed by atoms with Gasteiger partial charge in [-0.1, -0.05) is 37.3 Å². The minimum Gasteiger partial charge on any atom is -0.467 e. The van der Waals surface area contributed by atoms with Crippen molar-refractivity contribution in [3.8, 4) is 0 Å². The lowest BCUT2D eigenvalue weighted by molar-refractivity contribution is -0.146. The Morgan fingerprint density at radius 2 is 1.86 bits per heavy atom. The van der Waals surface area contributed by atoms with Gasteiger partial charge >= 0.3 is 5.97 Å².